The fraction of sp³-hybridized carbons (Fsp3) is 0.667. The summed E-state index contributed by atoms with van der Waals surface area (Å²) in [5.74, 6) is 0.177. The van der Waals surface area contributed by atoms with Crippen LogP contribution in [0.4, 0.5) is 13.2 Å². The molecule has 9 heteroatoms. The van der Waals surface area contributed by atoms with Gasteiger partial charge < -0.3 is 9.64 Å². The first kappa shape index (κ1) is 14.4. The van der Waals surface area contributed by atoms with Crippen molar-refractivity contribution in [1.29, 1.82) is 0 Å². The third-order valence-electron chi connectivity index (χ3n) is 2.00. The van der Waals surface area contributed by atoms with Crippen LogP contribution in [0.25, 0.3) is 0 Å². The molecule has 0 bridgehead atoms. The maximum absolute atomic E-state index is 11.8. The van der Waals surface area contributed by atoms with E-state index in [0.29, 0.717) is 5.82 Å². The smallest absolute Gasteiger partial charge is 0.372 e. The highest BCUT2D eigenvalue weighted by molar-refractivity contribution is 5.75. The van der Waals surface area contributed by atoms with Gasteiger partial charge >= 0.3 is 6.18 Å². The van der Waals surface area contributed by atoms with E-state index in [2.05, 4.69) is 19.9 Å². The van der Waals surface area contributed by atoms with Gasteiger partial charge in [-0.15, -0.1) is 0 Å². The average Bonchev–Trinajstić information content (AvgIpc) is 2.75. The molecule has 0 aliphatic carbocycles. The van der Waals surface area contributed by atoms with Gasteiger partial charge in [-0.3, -0.25) is 9.89 Å². The Hall–Kier alpha value is -1.64. The van der Waals surface area contributed by atoms with Gasteiger partial charge in [0, 0.05) is 7.05 Å². The Morgan fingerprint density at radius 1 is 1.56 bits per heavy atom. The van der Waals surface area contributed by atoms with Crippen LogP contribution in [0.3, 0.4) is 0 Å². The maximum atomic E-state index is 11.8. The molecular weight excluding hydrogens is 253 g/mol. The standard InChI is InChI=1S/C9H13F3N4O2/c1-16(4-7-13-6-14-15-7)8(17)2-3-18-5-9(10,11)12/h6H,2-5H2,1H3,(H,13,14,15). The molecule has 0 saturated heterocycles. The highest BCUT2D eigenvalue weighted by Crippen LogP contribution is 2.14. The van der Waals surface area contributed by atoms with Crippen LogP contribution in [0.2, 0.25) is 0 Å². The second-order valence-electron chi connectivity index (χ2n) is 3.60. The molecule has 0 radical (unpaired) electrons. The molecule has 6 nitrogen and oxygen atoms in total. The van der Waals surface area contributed by atoms with E-state index < -0.39 is 12.8 Å². The van der Waals surface area contributed by atoms with Gasteiger partial charge in [-0.05, 0) is 0 Å². The molecule has 1 aromatic rings. The minimum atomic E-state index is -4.37. The lowest BCUT2D eigenvalue weighted by atomic mass is 10.4. The van der Waals surface area contributed by atoms with E-state index >= 15 is 0 Å². The fourth-order valence-electron chi connectivity index (χ4n) is 1.16. The number of ether oxygens (including phenoxy) is 1. The number of amides is 1. The monoisotopic (exact) mass is 266 g/mol. The van der Waals surface area contributed by atoms with Crippen molar-refractivity contribution in [2.75, 3.05) is 20.3 Å². The van der Waals surface area contributed by atoms with Crippen LogP contribution in [0.5, 0.6) is 0 Å². The minimum Gasteiger partial charge on any atom is -0.372 e. The molecule has 18 heavy (non-hydrogen) atoms. The number of aromatic nitrogens is 3. The van der Waals surface area contributed by atoms with E-state index in [4.69, 9.17) is 0 Å². The molecule has 0 atom stereocenters. The minimum absolute atomic E-state index is 0.110. The van der Waals surface area contributed by atoms with Crippen LogP contribution in [0, 0.1) is 0 Å². The number of alkyl halides is 3. The molecule has 1 rings (SSSR count). The third-order valence-corrected chi connectivity index (χ3v) is 2.00. The molecule has 0 saturated carbocycles. The SMILES string of the molecule is CN(Cc1ncn[nH]1)C(=O)CCOCC(F)(F)F. The summed E-state index contributed by atoms with van der Waals surface area (Å²) < 4.78 is 39.6. The Morgan fingerprint density at radius 2 is 2.28 bits per heavy atom. The van der Waals surface area contributed by atoms with E-state index in [0.717, 1.165) is 0 Å². The molecule has 0 aromatic carbocycles. The van der Waals surface area contributed by atoms with Crippen molar-refractivity contribution in [3.8, 4) is 0 Å². The zero-order valence-electron chi connectivity index (χ0n) is 9.70. The number of carbonyl (C=O) groups excluding carboxylic acids is 1. The lowest BCUT2D eigenvalue weighted by Gasteiger charge is -2.15. The van der Waals surface area contributed by atoms with Crippen molar-refractivity contribution >= 4 is 5.91 Å². The Bertz CT molecular complexity index is 366. The van der Waals surface area contributed by atoms with Crippen LogP contribution in [-0.4, -0.2) is 52.4 Å². The highest BCUT2D eigenvalue weighted by Gasteiger charge is 2.27. The van der Waals surface area contributed by atoms with Crippen molar-refractivity contribution < 1.29 is 22.7 Å². The van der Waals surface area contributed by atoms with Crippen molar-refractivity contribution in [2.45, 2.75) is 19.1 Å². The number of nitrogens with zero attached hydrogens (tertiary/aromatic N) is 3. The molecule has 1 amide bonds. The first-order valence-corrected chi connectivity index (χ1v) is 5.11. The summed E-state index contributed by atoms with van der Waals surface area (Å²) in [6.45, 7) is -1.39. The summed E-state index contributed by atoms with van der Waals surface area (Å²) in [5.41, 5.74) is 0. The second kappa shape index (κ2) is 6.34. The topological polar surface area (TPSA) is 71.1 Å². The van der Waals surface area contributed by atoms with Gasteiger partial charge in [0.05, 0.1) is 19.6 Å². The van der Waals surface area contributed by atoms with Crippen molar-refractivity contribution in [3.05, 3.63) is 12.2 Å². The number of carbonyl (C=O) groups is 1. The maximum Gasteiger partial charge on any atom is 0.411 e. The second-order valence-corrected chi connectivity index (χ2v) is 3.60. The molecule has 1 heterocycles. The summed E-state index contributed by atoms with van der Waals surface area (Å²) in [5, 5.41) is 6.19. The van der Waals surface area contributed by atoms with Crippen molar-refractivity contribution in [2.24, 2.45) is 0 Å². The molecule has 0 spiro atoms. The Labute approximate surface area is 101 Å². The van der Waals surface area contributed by atoms with E-state index in [1.54, 1.807) is 0 Å². The average molecular weight is 266 g/mol. The zero-order valence-corrected chi connectivity index (χ0v) is 9.70. The first-order valence-electron chi connectivity index (χ1n) is 5.11. The highest BCUT2D eigenvalue weighted by atomic mass is 19.4. The van der Waals surface area contributed by atoms with Gasteiger partial charge in [0.15, 0.2) is 0 Å². The Kier molecular flexibility index (Phi) is 5.08. The number of halogens is 3. The predicted octanol–water partition coefficient (Wildman–Crippen LogP) is 0.732. The lowest BCUT2D eigenvalue weighted by Crippen LogP contribution is -2.28. The number of rotatable bonds is 6. The molecule has 1 aromatic heterocycles. The number of H-pyrrole nitrogens is 1. The van der Waals surface area contributed by atoms with Gasteiger partial charge in [0.2, 0.25) is 5.91 Å². The molecule has 0 unspecified atom stereocenters. The molecular formula is C9H13F3N4O2. The van der Waals surface area contributed by atoms with Gasteiger partial charge in [0.1, 0.15) is 18.8 Å². The van der Waals surface area contributed by atoms with Crippen LogP contribution in [-0.2, 0) is 16.1 Å². The van der Waals surface area contributed by atoms with Gasteiger partial charge in [-0.25, -0.2) is 4.98 Å². The van der Waals surface area contributed by atoms with Crippen LogP contribution in [0.15, 0.2) is 6.33 Å². The molecule has 0 aliphatic heterocycles. The number of aromatic amines is 1. The van der Waals surface area contributed by atoms with E-state index in [-0.39, 0.29) is 25.5 Å². The van der Waals surface area contributed by atoms with Crippen LogP contribution >= 0.6 is 0 Å². The first-order chi connectivity index (χ1) is 8.38. The molecule has 0 fully saturated rings. The summed E-state index contributed by atoms with van der Waals surface area (Å²) in [7, 11) is 1.52. The zero-order chi connectivity index (χ0) is 13.6. The van der Waals surface area contributed by atoms with Gasteiger partial charge in [-0.1, -0.05) is 0 Å². The summed E-state index contributed by atoms with van der Waals surface area (Å²) >= 11 is 0. The third kappa shape index (κ3) is 5.62. The van der Waals surface area contributed by atoms with E-state index in [9.17, 15) is 18.0 Å². The van der Waals surface area contributed by atoms with Crippen molar-refractivity contribution in [1.82, 2.24) is 20.1 Å². The molecule has 0 aliphatic rings. The van der Waals surface area contributed by atoms with E-state index in [1.807, 2.05) is 0 Å². The fourth-order valence-corrected chi connectivity index (χ4v) is 1.16. The van der Waals surface area contributed by atoms with Gasteiger partial charge in [0.25, 0.3) is 0 Å². The lowest BCUT2D eigenvalue weighted by molar-refractivity contribution is -0.175. The predicted molar refractivity (Wildman–Crippen MR) is 54.3 cm³/mol. The van der Waals surface area contributed by atoms with Crippen molar-refractivity contribution in [3.63, 3.8) is 0 Å². The molecule has 1 N–H and O–H groups in total. The Morgan fingerprint density at radius 3 is 2.83 bits per heavy atom. The Balaban J connectivity index is 2.20. The summed E-state index contributed by atoms with van der Waals surface area (Å²) in [4.78, 5) is 16.7. The van der Waals surface area contributed by atoms with E-state index in [1.165, 1.54) is 18.3 Å². The number of hydrogen-bond donors (Lipinski definition) is 1. The summed E-state index contributed by atoms with van der Waals surface area (Å²) in [6.07, 6.45) is -3.17. The normalized spacial score (nSPS) is 11.6. The number of hydrogen-bond acceptors (Lipinski definition) is 4. The quantitative estimate of drug-likeness (QED) is 0.771. The van der Waals surface area contributed by atoms with Crippen LogP contribution < -0.4 is 0 Å². The summed E-state index contributed by atoms with van der Waals surface area (Å²) in [6, 6.07) is 0. The largest absolute Gasteiger partial charge is 0.411 e. The van der Waals surface area contributed by atoms with Gasteiger partial charge in [-0.2, -0.15) is 18.3 Å². The molecule has 102 valence electrons. The number of nitrogens with one attached hydrogen (secondary N) is 1. The van der Waals surface area contributed by atoms with Crippen LogP contribution in [0.1, 0.15) is 12.2 Å².